The van der Waals surface area contributed by atoms with Crippen molar-refractivity contribution in [2.75, 3.05) is 0 Å². The summed E-state index contributed by atoms with van der Waals surface area (Å²) in [6.07, 6.45) is 7.61. The molecule has 0 heterocycles. The summed E-state index contributed by atoms with van der Waals surface area (Å²) < 4.78 is 0. The predicted octanol–water partition coefficient (Wildman–Crippen LogP) is 4.84. The van der Waals surface area contributed by atoms with Gasteiger partial charge in [0.25, 0.3) is 0 Å². The standard InChI is InChI=1S/C13H24O.C2H6/c1-10(2)4-5-12-6-8-13(9-7-12)11(3)14;1-2/h10,12-13H,4-9H2,1-3H3;1-2H3. The Morgan fingerprint density at radius 3 is 2.00 bits per heavy atom. The lowest BCUT2D eigenvalue weighted by Crippen LogP contribution is -2.20. The summed E-state index contributed by atoms with van der Waals surface area (Å²) in [5, 5.41) is 0. The molecule has 0 aromatic carbocycles. The second-order valence-corrected chi connectivity index (χ2v) is 5.30. The van der Waals surface area contributed by atoms with Gasteiger partial charge >= 0.3 is 0 Å². The summed E-state index contributed by atoms with van der Waals surface area (Å²) in [5.41, 5.74) is 0. The van der Waals surface area contributed by atoms with Gasteiger partial charge in [-0.25, -0.2) is 0 Å². The molecule has 0 N–H and O–H groups in total. The number of hydrogen-bond acceptors (Lipinski definition) is 1. The van der Waals surface area contributed by atoms with Crippen molar-refractivity contribution in [2.24, 2.45) is 17.8 Å². The van der Waals surface area contributed by atoms with Crippen molar-refractivity contribution < 1.29 is 4.79 Å². The van der Waals surface area contributed by atoms with Gasteiger partial charge in [0, 0.05) is 5.92 Å². The van der Waals surface area contributed by atoms with Gasteiger partial charge in [0.1, 0.15) is 5.78 Å². The molecule has 0 aromatic rings. The molecule has 96 valence electrons. The van der Waals surface area contributed by atoms with Crippen LogP contribution in [0.3, 0.4) is 0 Å². The molecule has 0 radical (unpaired) electrons. The molecule has 1 nitrogen and oxygen atoms in total. The number of carbonyl (C=O) groups is 1. The smallest absolute Gasteiger partial charge is 0.132 e. The van der Waals surface area contributed by atoms with E-state index >= 15 is 0 Å². The SMILES string of the molecule is CC.CC(=O)C1CCC(CCC(C)C)CC1. The van der Waals surface area contributed by atoms with E-state index in [4.69, 9.17) is 0 Å². The van der Waals surface area contributed by atoms with Crippen LogP contribution in [0, 0.1) is 17.8 Å². The van der Waals surface area contributed by atoms with Crippen LogP contribution in [0.1, 0.15) is 73.1 Å². The van der Waals surface area contributed by atoms with E-state index < -0.39 is 0 Å². The van der Waals surface area contributed by atoms with Gasteiger partial charge in [-0.2, -0.15) is 0 Å². The van der Waals surface area contributed by atoms with Crippen LogP contribution >= 0.6 is 0 Å². The van der Waals surface area contributed by atoms with E-state index in [1.54, 1.807) is 6.92 Å². The maximum Gasteiger partial charge on any atom is 0.132 e. The highest BCUT2D eigenvalue weighted by Gasteiger charge is 2.23. The van der Waals surface area contributed by atoms with E-state index in [2.05, 4.69) is 13.8 Å². The van der Waals surface area contributed by atoms with Gasteiger partial charge in [-0.15, -0.1) is 0 Å². The van der Waals surface area contributed by atoms with Gasteiger partial charge in [-0.1, -0.05) is 40.5 Å². The molecule has 0 amide bonds. The van der Waals surface area contributed by atoms with Gasteiger partial charge < -0.3 is 0 Å². The van der Waals surface area contributed by atoms with Crippen LogP contribution in [0.4, 0.5) is 0 Å². The first-order chi connectivity index (χ1) is 7.59. The van der Waals surface area contributed by atoms with Crippen LogP contribution in [-0.4, -0.2) is 5.78 Å². The molecule has 1 aliphatic rings. The molecule has 0 atom stereocenters. The third-order valence-electron chi connectivity index (χ3n) is 3.57. The fourth-order valence-electron chi connectivity index (χ4n) is 2.43. The van der Waals surface area contributed by atoms with E-state index in [1.165, 1.54) is 25.7 Å². The average Bonchev–Trinajstić information content (AvgIpc) is 2.29. The molecule has 0 saturated heterocycles. The predicted molar refractivity (Wildman–Crippen MR) is 71.5 cm³/mol. The Morgan fingerprint density at radius 1 is 1.12 bits per heavy atom. The van der Waals surface area contributed by atoms with Crippen molar-refractivity contribution in [1.29, 1.82) is 0 Å². The fraction of sp³-hybridized carbons (Fsp3) is 0.933. The average molecular weight is 226 g/mol. The van der Waals surface area contributed by atoms with Crippen molar-refractivity contribution in [3.8, 4) is 0 Å². The topological polar surface area (TPSA) is 17.1 Å². The first-order valence-electron chi connectivity index (χ1n) is 7.10. The maximum atomic E-state index is 11.2. The third kappa shape index (κ3) is 6.30. The van der Waals surface area contributed by atoms with Crippen molar-refractivity contribution >= 4 is 5.78 Å². The Morgan fingerprint density at radius 2 is 1.62 bits per heavy atom. The van der Waals surface area contributed by atoms with Crippen LogP contribution in [-0.2, 0) is 4.79 Å². The summed E-state index contributed by atoms with van der Waals surface area (Å²) in [5.74, 6) is 2.55. The first kappa shape index (κ1) is 15.7. The molecular formula is C15H30O. The van der Waals surface area contributed by atoms with Gasteiger partial charge in [-0.05, 0) is 44.4 Å². The number of rotatable bonds is 4. The molecule has 0 bridgehead atoms. The molecule has 1 rings (SSSR count). The molecule has 0 spiro atoms. The summed E-state index contributed by atoms with van der Waals surface area (Å²) in [4.78, 5) is 11.2. The molecule has 0 aromatic heterocycles. The maximum absolute atomic E-state index is 11.2. The zero-order valence-corrected chi connectivity index (χ0v) is 11.9. The monoisotopic (exact) mass is 226 g/mol. The lowest BCUT2D eigenvalue weighted by atomic mass is 9.78. The minimum atomic E-state index is 0.394. The van der Waals surface area contributed by atoms with Crippen LogP contribution in [0.5, 0.6) is 0 Å². The first-order valence-corrected chi connectivity index (χ1v) is 7.10. The Hall–Kier alpha value is -0.330. The second-order valence-electron chi connectivity index (χ2n) is 5.30. The fourth-order valence-corrected chi connectivity index (χ4v) is 2.43. The van der Waals surface area contributed by atoms with Gasteiger partial charge in [0.15, 0.2) is 0 Å². The number of ketones is 1. The Bertz CT molecular complexity index is 176. The molecule has 0 unspecified atom stereocenters. The zero-order valence-electron chi connectivity index (χ0n) is 11.9. The summed E-state index contributed by atoms with van der Waals surface area (Å²) in [6.45, 7) is 10.3. The molecule has 1 heteroatoms. The number of Topliss-reactive ketones (excluding diaryl/α,β-unsaturated/α-hetero) is 1. The molecular weight excluding hydrogens is 196 g/mol. The lowest BCUT2D eigenvalue weighted by Gasteiger charge is -2.27. The Labute approximate surface area is 102 Å². The zero-order chi connectivity index (χ0) is 12.6. The largest absolute Gasteiger partial charge is 0.300 e. The van der Waals surface area contributed by atoms with Crippen LogP contribution in [0.15, 0.2) is 0 Å². The quantitative estimate of drug-likeness (QED) is 0.670. The Balaban J connectivity index is 0.00000106. The third-order valence-corrected chi connectivity index (χ3v) is 3.57. The van der Waals surface area contributed by atoms with Crippen molar-refractivity contribution in [2.45, 2.75) is 73.1 Å². The minimum Gasteiger partial charge on any atom is -0.300 e. The van der Waals surface area contributed by atoms with E-state index in [0.29, 0.717) is 11.7 Å². The summed E-state index contributed by atoms with van der Waals surface area (Å²) in [7, 11) is 0. The van der Waals surface area contributed by atoms with Crippen LogP contribution in [0.25, 0.3) is 0 Å². The minimum absolute atomic E-state index is 0.394. The van der Waals surface area contributed by atoms with Crippen LogP contribution < -0.4 is 0 Å². The number of hydrogen-bond donors (Lipinski definition) is 0. The van der Waals surface area contributed by atoms with E-state index in [0.717, 1.165) is 24.7 Å². The highest BCUT2D eigenvalue weighted by Crippen LogP contribution is 2.32. The molecule has 1 aliphatic carbocycles. The van der Waals surface area contributed by atoms with Crippen molar-refractivity contribution in [1.82, 2.24) is 0 Å². The van der Waals surface area contributed by atoms with Gasteiger partial charge in [0.05, 0.1) is 0 Å². The lowest BCUT2D eigenvalue weighted by molar-refractivity contribution is -0.121. The summed E-state index contributed by atoms with van der Waals surface area (Å²) in [6, 6.07) is 0. The van der Waals surface area contributed by atoms with E-state index in [9.17, 15) is 4.79 Å². The van der Waals surface area contributed by atoms with E-state index in [-0.39, 0.29) is 0 Å². The summed E-state index contributed by atoms with van der Waals surface area (Å²) >= 11 is 0. The highest BCUT2D eigenvalue weighted by atomic mass is 16.1. The molecule has 16 heavy (non-hydrogen) atoms. The number of carbonyl (C=O) groups excluding carboxylic acids is 1. The molecule has 1 saturated carbocycles. The van der Waals surface area contributed by atoms with Crippen molar-refractivity contribution in [3.63, 3.8) is 0 Å². The van der Waals surface area contributed by atoms with Crippen LogP contribution in [0.2, 0.25) is 0 Å². The van der Waals surface area contributed by atoms with Gasteiger partial charge in [-0.3, -0.25) is 4.79 Å². The van der Waals surface area contributed by atoms with Gasteiger partial charge in [0.2, 0.25) is 0 Å². The normalized spacial score (nSPS) is 24.9. The Kier molecular flexibility index (Phi) is 8.60. The van der Waals surface area contributed by atoms with E-state index in [1.807, 2.05) is 13.8 Å². The molecule has 0 aliphatic heterocycles. The highest BCUT2D eigenvalue weighted by molar-refractivity contribution is 5.78. The second kappa shape index (κ2) is 8.78. The molecule has 1 fully saturated rings. The van der Waals surface area contributed by atoms with Crippen molar-refractivity contribution in [3.05, 3.63) is 0 Å².